The average molecular weight is 300 g/mol. The maximum Gasteiger partial charge on any atom is 0.216 e. The summed E-state index contributed by atoms with van der Waals surface area (Å²) >= 11 is 0. The Labute approximate surface area is 123 Å². The second-order valence-electron chi connectivity index (χ2n) is 4.98. The zero-order valence-corrected chi connectivity index (χ0v) is 12.5. The maximum absolute atomic E-state index is 13.8. The molecule has 1 N–H and O–H groups in total. The number of rotatable bonds is 5. The predicted octanol–water partition coefficient (Wildman–Crippen LogP) is 2.69. The normalized spacial score (nSPS) is 14.2. The zero-order valence-electron chi connectivity index (χ0n) is 11.6. The Morgan fingerprint density at radius 1 is 1.45 bits per heavy atom. The van der Waals surface area contributed by atoms with Crippen LogP contribution in [-0.2, 0) is 20.1 Å². The molecule has 0 aromatic carbocycles. The van der Waals surface area contributed by atoms with E-state index in [0.29, 0.717) is 24.6 Å². The first-order valence-electron chi connectivity index (χ1n) is 6.67. The summed E-state index contributed by atoms with van der Waals surface area (Å²) in [7, 11) is 1.90. The molecule has 0 atom stereocenters. The third kappa shape index (κ3) is 2.80. The first kappa shape index (κ1) is 14.8. The Morgan fingerprint density at radius 2 is 2.20 bits per heavy atom. The minimum absolute atomic E-state index is 0. The second kappa shape index (κ2) is 5.83. The number of nitrogens with one attached hydrogen (secondary N) is 1. The van der Waals surface area contributed by atoms with Crippen molar-refractivity contribution in [1.82, 2.24) is 19.6 Å². The number of halogens is 2. The van der Waals surface area contributed by atoms with E-state index in [0.717, 1.165) is 11.5 Å². The van der Waals surface area contributed by atoms with Gasteiger partial charge in [-0.05, 0) is 19.8 Å². The molecule has 0 spiro atoms. The van der Waals surface area contributed by atoms with Crippen molar-refractivity contribution in [2.24, 2.45) is 7.05 Å². The molecule has 110 valence electrons. The Balaban J connectivity index is 0.00000147. The number of anilines is 1. The zero-order chi connectivity index (χ0) is 13.4. The predicted molar refractivity (Wildman–Crippen MR) is 77.6 cm³/mol. The molecule has 1 aliphatic rings. The first-order valence-corrected chi connectivity index (χ1v) is 6.67. The Bertz CT molecular complexity index is 588. The van der Waals surface area contributed by atoms with Gasteiger partial charge in [-0.3, -0.25) is 4.68 Å². The summed E-state index contributed by atoms with van der Waals surface area (Å²) in [6, 6.07) is 2.06. The van der Waals surface area contributed by atoms with Crippen LogP contribution in [0.5, 0.6) is 0 Å². The lowest BCUT2D eigenvalue weighted by Crippen LogP contribution is -2.06. The molecule has 1 fully saturated rings. The Kier molecular flexibility index (Phi) is 4.32. The summed E-state index contributed by atoms with van der Waals surface area (Å²) in [6.07, 6.45) is 4.03. The van der Waals surface area contributed by atoms with Crippen molar-refractivity contribution in [3.05, 3.63) is 29.5 Å². The quantitative estimate of drug-likeness (QED) is 0.923. The summed E-state index contributed by atoms with van der Waals surface area (Å²) in [5.74, 6) is 1.28. The number of nitrogens with zero attached hydrogens (tertiary/aromatic N) is 4. The molecule has 1 aliphatic carbocycles. The Morgan fingerprint density at radius 3 is 2.80 bits per heavy atom. The third-order valence-electron chi connectivity index (χ3n) is 3.50. The number of aryl methyl sites for hydroxylation is 2. The molecule has 1 saturated carbocycles. The van der Waals surface area contributed by atoms with Gasteiger partial charge in [0, 0.05) is 37.7 Å². The minimum atomic E-state index is -0.264. The molecule has 3 rings (SSSR count). The van der Waals surface area contributed by atoms with Crippen LogP contribution < -0.4 is 5.32 Å². The lowest BCUT2D eigenvalue weighted by molar-refractivity contribution is 0.465. The van der Waals surface area contributed by atoms with Crippen LogP contribution in [0.3, 0.4) is 0 Å². The summed E-state index contributed by atoms with van der Waals surface area (Å²) in [4.78, 5) is 0. The van der Waals surface area contributed by atoms with Gasteiger partial charge in [0.1, 0.15) is 5.82 Å². The molecule has 20 heavy (non-hydrogen) atoms. The van der Waals surface area contributed by atoms with Gasteiger partial charge in [-0.15, -0.1) is 12.4 Å². The van der Waals surface area contributed by atoms with E-state index in [2.05, 4.69) is 21.6 Å². The fourth-order valence-electron chi connectivity index (χ4n) is 2.17. The first-order chi connectivity index (χ1) is 9.19. The Hall–Kier alpha value is -1.56. The highest BCUT2D eigenvalue weighted by Crippen LogP contribution is 2.39. The average Bonchev–Trinajstić information content (AvgIpc) is 3.10. The smallest absolute Gasteiger partial charge is 0.216 e. The second-order valence-corrected chi connectivity index (χ2v) is 4.98. The van der Waals surface area contributed by atoms with E-state index in [9.17, 15) is 4.39 Å². The third-order valence-corrected chi connectivity index (χ3v) is 3.50. The molecule has 7 heteroatoms. The van der Waals surface area contributed by atoms with Crippen molar-refractivity contribution in [3.8, 4) is 0 Å². The van der Waals surface area contributed by atoms with Gasteiger partial charge in [-0.2, -0.15) is 14.6 Å². The molecule has 2 heterocycles. The molecular weight excluding hydrogens is 281 g/mol. The van der Waals surface area contributed by atoms with Crippen LogP contribution in [0.4, 0.5) is 10.2 Å². The summed E-state index contributed by atoms with van der Waals surface area (Å²) in [5.41, 5.74) is 1.71. The minimum Gasteiger partial charge on any atom is -0.366 e. The standard InChI is InChI=1S/C13H18FN5.ClH/c1-3-19-13(14)10(8-16-19)7-15-12-6-11(9-4-5-9)17-18(12)2;/h6,8-9,15H,3-5,7H2,1-2H3;1H. The molecule has 0 aliphatic heterocycles. The van der Waals surface area contributed by atoms with Crippen molar-refractivity contribution < 1.29 is 4.39 Å². The van der Waals surface area contributed by atoms with Crippen LogP contribution >= 0.6 is 12.4 Å². The number of aromatic nitrogens is 4. The van der Waals surface area contributed by atoms with Gasteiger partial charge in [0.15, 0.2) is 0 Å². The molecule has 5 nitrogen and oxygen atoms in total. The van der Waals surface area contributed by atoms with Crippen LogP contribution in [0.1, 0.15) is 36.9 Å². The van der Waals surface area contributed by atoms with E-state index in [1.165, 1.54) is 17.5 Å². The molecule has 0 unspecified atom stereocenters. The van der Waals surface area contributed by atoms with Gasteiger partial charge in [0.2, 0.25) is 5.95 Å². The van der Waals surface area contributed by atoms with Crippen molar-refractivity contribution in [2.75, 3.05) is 5.32 Å². The fourth-order valence-corrected chi connectivity index (χ4v) is 2.17. The topological polar surface area (TPSA) is 47.7 Å². The van der Waals surface area contributed by atoms with Crippen molar-refractivity contribution in [1.29, 1.82) is 0 Å². The summed E-state index contributed by atoms with van der Waals surface area (Å²) in [5, 5.41) is 11.7. The highest BCUT2D eigenvalue weighted by Gasteiger charge is 2.26. The number of hydrogen-bond donors (Lipinski definition) is 1. The van der Waals surface area contributed by atoms with E-state index in [-0.39, 0.29) is 18.4 Å². The van der Waals surface area contributed by atoms with Crippen LogP contribution in [0.15, 0.2) is 12.3 Å². The van der Waals surface area contributed by atoms with E-state index < -0.39 is 0 Å². The molecule has 2 aromatic heterocycles. The maximum atomic E-state index is 13.8. The van der Waals surface area contributed by atoms with Gasteiger partial charge in [0.25, 0.3) is 0 Å². The van der Waals surface area contributed by atoms with E-state index in [1.807, 2.05) is 18.7 Å². The van der Waals surface area contributed by atoms with E-state index in [1.54, 1.807) is 6.20 Å². The van der Waals surface area contributed by atoms with Crippen molar-refractivity contribution >= 4 is 18.2 Å². The highest BCUT2D eigenvalue weighted by molar-refractivity contribution is 5.85. The van der Waals surface area contributed by atoms with Crippen molar-refractivity contribution in [3.63, 3.8) is 0 Å². The van der Waals surface area contributed by atoms with Crippen molar-refractivity contribution in [2.45, 2.75) is 38.8 Å². The summed E-state index contributed by atoms with van der Waals surface area (Å²) in [6.45, 7) is 2.84. The van der Waals surface area contributed by atoms with Gasteiger partial charge in [-0.1, -0.05) is 0 Å². The molecule has 2 aromatic rings. The van der Waals surface area contributed by atoms with Crippen LogP contribution in [0, 0.1) is 5.95 Å². The van der Waals surface area contributed by atoms with E-state index >= 15 is 0 Å². The summed E-state index contributed by atoms with van der Waals surface area (Å²) < 4.78 is 17.0. The van der Waals surface area contributed by atoms with Crippen LogP contribution in [0.2, 0.25) is 0 Å². The van der Waals surface area contributed by atoms with Crippen LogP contribution in [0.25, 0.3) is 0 Å². The van der Waals surface area contributed by atoms with Gasteiger partial charge < -0.3 is 5.32 Å². The highest BCUT2D eigenvalue weighted by atomic mass is 35.5. The van der Waals surface area contributed by atoms with E-state index in [4.69, 9.17) is 0 Å². The van der Waals surface area contributed by atoms with Crippen LogP contribution in [-0.4, -0.2) is 19.6 Å². The van der Waals surface area contributed by atoms with Gasteiger partial charge >= 0.3 is 0 Å². The SMILES string of the molecule is CCn1ncc(CNc2cc(C3CC3)nn2C)c1F.Cl. The lowest BCUT2D eigenvalue weighted by atomic mass is 10.3. The molecule has 0 bridgehead atoms. The molecule has 0 saturated heterocycles. The largest absolute Gasteiger partial charge is 0.366 e. The van der Waals surface area contributed by atoms with Gasteiger partial charge in [-0.25, -0.2) is 4.68 Å². The fraction of sp³-hybridized carbons (Fsp3) is 0.538. The molecule has 0 amide bonds. The monoisotopic (exact) mass is 299 g/mol. The van der Waals surface area contributed by atoms with Gasteiger partial charge in [0.05, 0.1) is 11.9 Å². The molecular formula is C13H19ClFN5. The number of hydrogen-bond acceptors (Lipinski definition) is 3. The molecule has 0 radical (unpaired) electrons. The lowest BCUT2D eigenvalue weighted by Gasteiger charge is -2.04.